The third kappa shape index (κ3) is 10.7. The number of carbonyl (C=O) groups is 2. The molecule has 0 N–H and O–H groups in total. The van der Waals surface area contributed by atoms with Crippen molar-refractivity contribution in [1.82, 2.24) is 0 Å². The van der Waals surface area contributed by atoms with E-state index >= 15 is 0 Å². The summed E-state index contributed by atoms with van der Waals surface area (Å²) in [7, 11) is 0. The van der Waals surface area contributed by atoms with Gasteiger partial charge < -0.3 is 9.47 Å². The van der Waals surface area contributed by atoms with Crippen LogP contribution in [0.3, 0.4) is 0 Å². The zero-order valence-corrected chi connectivity index (χ0v) is 10.9. The smallest absolute Gasteiger partial charge is 0.331 e. The minimum Gasteiger partial charge on any atom is -0.462 e. The molecule has 0 aromatic heterocycles. The van der Waals surface area contributed by atoms with E-state index in [4.69, 9.17) is 9.47 Å². The van der Waals surface area contributed by atoms with Crippen molar-refractivity contribution in [2.45, 2.75) is 27.7 Å². The second kappa shape index (κ2) is 8.56. The fourth-order valence-corrected chi connectivity index (χ4v) is 0.772. The first-order valence-corrected chi connectivity index (χ1v) is 5.56. The fraction of sp³-hybridized carbons (Fsp3) is 0.538. The lowest BCUT2D eigenvalue weighted by Crippen LogP contribution is -2.08. The van der Waals surface area contributed by atoms with Gasteiger partial charge in [-0.3, -0.25) is 0 Å². The Hall–Kier alpha value is -1.58. The predicted octanol–water partition coefficient (Wildman–Crippen LogP) is 2.25. The van der Waals surface area contributed by atoms with Crippen LogP contribution in [-0.2, 0) is 19.1 Å². The summed E-state index contributed by atoms with van der Waals surface area (Å²) in [5, 5.41) is 0. The molecule has 0 aliphatic heterocycles. The van der Waals surface area contributed by atoms with Gasteiger partial charge in [-0.05, 0) is 25.8 Å². The van der Waals surface area contributed by atoms with E-state index in [1.807, 2.05) is 27.7 Å². The number of esters is 2. The van der Waals surface area contributed by atoms with Crippen LogP contribution >= 0.6 is 0 Å². The van der Waals surface area contributed by atoms with Gasteiger partial charge in [0.15, 0.2) is 0 Å². The molecule has 0 aliphatic rings. The van der Waals surface area contributed by atoms with Crippen LogP contribution in [0, 0.1) is 5.92 Å². The van der Waals surface area contributed by atoms with Gasteiger partial charge in [0.1, 0.15) is 6.61 Å². The average molecular weight is 240 g/mol. The number of allylic oxidation sites excluding steroid dienone is 1. The quantitative estimate of drug-likeness (QED) is 0.406. The molecule has 0 aliphatic carbocycles. The van der Waals surface area contributed by atoms with E-state index in [9.17, 15) is 9.59 Å². The summed E-state index contributed by atoms with van der Waals surface area (Å²) in [6.45, 7) is 8.25. The highest BCUT2D eigenvalue weighted by atomic mass is 16.5. The van der Waals surface area contributed by atoms with E-state index in [-0.39, 0.29) is 12.5 Å². The molecule has 0 aromatic rings. The van der Waals surface area contributed by atoms with E-state index in [1.54, 1.807) is 6.08 Å². The molecule has 0 saturated carbocycles. The highest BCUT2D eigenvalue weighted by Crippen LogP contribution is 1.94. The van der Waals surface area contributed by atoms with E-state index in [2.05, 4.69) is 0 Å². The van der Waals surface area contributed by atoms with Crippen LogP contribution in [0.1, 0.15) is 27.7 Å². The third-order valence-electron chi connectivity index (χ3n) is 1.63. The van der Waals surface area contributed by atoms with Crippen molar-refractivity contribution >= 4 is 11.9 Å². The first-order chi connectivity index (χ1) is 7.91. The van der Waals surface area contributed by atoms with Crippen LogP contribution in [-0.4, -0.2) is 25.2 Å². The molecule has 0 amide bonds. The van der Waals surface area contributed by atoms with Crippen LogP contribution in [0.25, 0.3) is 0 Å². The van der Waals surface area contributed by atoms with E-state index < -0.39 is 11.9 Å². The second-order valence-corrected chi connectivity index (χ2v) is 4.27. The Labute approximate surface area is 102 Å². The summed E-state index contributed by atoms with van der Waals surface area (Å²) in [5.74, 6) is -0.807. The maximum Gasteiger partial charge on any atom is 0.331 e. The molecule has 0 spiro atoms. The summed E-state index contributed by atoms with van der Waals surface area (Å²) >= 11 is 0. The standard InChI is InChI=1S/C13H20O4/c1-10(2)7-8-16-12(14)5-6-13(15)17-9-11(3)4/h5-7,11H,8-9H2,1-4H3/b6-5+. The third-order valence-corrected chi connectivity index (χ3v) is 1.63. The molecule has 4 nitrogen and oxygen atoms in total. The van der Waals surface area contributed by atoms with Crippen molar-refractivity contribution in [3.8, 4) is 0 Å². The molecule has 0 saturated heterocycles. The molecule has 0 rings (SSSR count). The number of hydrogen-bond acceptors (Lipinski definition) is 4. The first-order valence-electron chi connectivity index (χ1n) is 5.56. The molecule has 0 atom stereocenters. The molecule has 4 heteroatoms. The Morgan fingerprint density at radius 1 is 1.06 bits per heavy atom. The van der Waals surface area contributed by atoms with Crippen LogP contribution in [0.5, 0.6) is 0 Å². The maximum absolute atomic E-state index is 11.1. The molecular weight excluding hydrogens is 220 g/mol. The normalized spacial score (nSPS) is 10.4. The van der Waals surface area contributed by atoms with E-state index in [1.165, 1.54) is 0 Å². The van der Waals surface area contributed by atoms with Gasteiger partial charge in [-0.2, -0.15) is 0 Å². The number of rotatable bonds is 6. The van der Waals surface area contributed by atoms with Gasteiger partial charge in [-0.1, -0.05) is 19.4 Å². The van der Waals surface area contributed by atoms with Crippen LogP contribution in [0.15, 0.2) is 23.8 Å². The summed E-state index contributed by atoms with van der Waals surface area (Å²) in [6.07, 6.45) is 3.93. The highest BCUT2D eigenvalue weighted by molar-refractivity contribution is 5.91. The molecule has 96 valence electrons. The van der Waals surface area contributed by atoms with Crippen LogP contribution in [0.4, 0.5) is 0 Å². The Bertz CT molecular complexity index is 309. The number of carbonyl (C=O) groups excluding carboxylic acids is 2. The maximum atomic E-state index is 11.1. The Morgan fingerprint density at radius 3 is 2.06 bits per heavy atom. The zero-order chi connectivity index (χ0) is 13.3. The second-order valence-electron chi connectivity index (χ2n) is 4.27. The number of hydrogen-bond donors (Lipinski definition) is 0. The lowest BCUT2D eigenvalue weighted by molar-refractivity contribution is -0.140. The van der Waals surface area contributed by atoms with Gasteiger partial charge in [-0.15, -0.1) is 0 Å². The predicted molar refractivity (Wildman–Crippen MR) is 65.3 cm³/mol. The summed E-state index contributed by atoms with van der Waals surface area (Å²) < 4.78 is 9.67. The molecule has 0 fully saturated rings. The highest BCUT2D eigenvalue weighted by Gasteiger charge is 2.01. The largest absolute Gasteiger partial charge is 0.462 e. The Kier molecular flexibility index (Phi) is 7.76. The topological polar surface area (TPSA) is 52.6 Å². The lowest BCUT2D eigenvalue weighted by atomic mass is 10.2. The molecule has 17 heavy (non-hydrogen) atoms. The average Bonchev–Trinajstić information content (AvgIpc) is 2.23. The van der Waals surface area contributed by atoms with E-state index in [0.717, 1.165) is 17.7 Å². The van der Waals surface area contributed by atoms with Crippen molar-refractivity contribution in [2.24, 2.45) is 5.92 Å². The lowest BCUT2D eigenvalue weighted by Gasteiger charge is -2.03. The Morgan fingerprint density at radius 2 is 1.59 bits per heavy atom. The molecule has 0 radical (unpaired) electrons. The van der Waals surface area contributed by atoms with E-state index in [0.29, 0.717) is 6.61 Å². The molecule has 0 aromatic carbocycles. The van der Waals surface area contributed by atoms with Gasteiger partial charge in [-0.25, -0.2) is 9.59 Å². The van der Waals surface area contributed by atoms with Crippen molar-refractivity contribution in [2.75, 3.05) is 13.2 Å². The monoisotopic (exact) mass is 240 g/mol. The SMILES string of the molecule is CC(C)=CCOC(=O)/C=C/C(=O)OCC(C)C. The van der Waals surface area contributed by atoms with Gasteiger partial charge in [0.05, 0.1) is 6.61 Å². The summed E-state index contributed by atoms with van der Waals surface area (Å²) in [4.78, 5) is 22.2. The van der Waals surface area contributed by atoms with Gasteiger partial charge in [0, 0.05) is 12.2 Å². The van der Waals surface area contributed by atoms with Crippen LogP contribution < -0.4 is 0 Å². The van der Waals surface area contributed by atoms with Gasteiger partial charge >= 0.3 is 11.9 Å². The van der Waals surface area contributed by atoms with Gasteiger partial charge in [0.2, 0.25) is 0 Å². The van der Waals surface area contributed by atoms with Crippen molar-refractivity contribution in [3.63, 3.8) is 0 Å². The summed E-state index contributed by atoms with van der Waals surface area (Å²) in [6, 6.07) is 0. The van der Waals surface area contributed by atoms with Crippen molar-refractivity contribution in [3.05, 3.63) is 23.8 Å². The van der Waals surface area contributed by atoms with Crippen molar-refractivity contribution < 1.29 is 19.1 Å². The Balaban J connectivity index is 3.86. The van der Waals surface area contributed by atoms with Crippen molar-refractivity contribution in [1.29, 1.82) is 0 Å². The minimum atomic E-state index is -0.552. The zero-order valence-electron chi connectivity index (χ0n) is 10.9. The van der Waals surface area contributed by atoms with Crippen LogP contribution in [0.2, 0.25) is 0 Å². The molecule has 0 unspecified atom stereocenters. The summed E-state index contributed by atoms with van der Waals surface area (Å²) in [5.41, 5.74) is 1.07. The molecule has 0 bridgehead atoms. The fourth-order valence-electron chi connectivity index (χ4n) is 0.772. The van der Waals surface area contributed by atoms with Gasteiger partial charge in [0.25, 0.3) is 0 Å². The molecular formula is C13H20O4. The molecule has 0 heterocycles. The first kappa shape index (κ1) is 15.4. The number of ether oxygens (including phenoxy) is 2. The minimum absolute atomic E-state index is 0.215.